The second-order valence-corrected chi connectivity index (χ2v) is 5.31. The first-order chi connectivity index (χ1) is 12.0. The SMILES string of the molecule is CCC/C(=C\c1c(C)c(OC)c(OC)c(OC)c1OC)C(=O)OCC. The zero-order valence-corrected chi connectivity index (χ0v) is 16.1. The molecule has 140 valence electrons. The van der Waals surface area contributed by atoms with E-state index in [-0.39, 0.29) is 5.97 Å². The summed E-state index contributed by atoms with van der Waals surface area (Å²) in [5.74, 6) is 1.55. The minimum absolute atomic E-state index is 0.325. The third-order valence-electron chi connectivity index (χ3n) is 3.80. The van der Waals surface area contributed by atoms with Crippen LogP contribution in [0.15, 0.2) is 5.57 Å². The van der Waals surface area contributed by atoms with Crippen molar-refractivity contribution in [3.63, 3.8) is 0 Å². The second-order valence-electron chi connectivity index (χ2n) is 5.31. The maximum absolute atomic E-state index is 12.3. The number of methoxy groups -OCH3 is 4. The van der Waals surface area contributed by atoms with Crippen LogP contribution >= 0.6 is 0 Å². The molecule has 0 aromatic heterocycles. The van der Waals surface area contributed by atoms with Crippen LogP contribution in [-0.4, -0.2) is 41.0 Å². The number of hydrogen-bond donors (Lipinski definition) is 0. The molecule has 6 heteroatoms. The van der Waals surface area contributed by atoms with Crippen LogP contribution in [0.5, 0.6) is 23.0 Å². The van der Waals surface area contributed by atoms with E-state index in [0.29, 0.717) is 47.2 Å². The molecular weight excluding hydrogens is 324 g/mol. The molecule has 1 aromatic carbocycles. The third kappa shape index (κ3) is 4.38. The van der Waals surface area contributed by atoms with E-state index in [2.05, 4.69) is 0 Å². The first-order valence-corrected chi connectivity index (χ1v) is 8.24. The molecule has 1 rings (SSSR count). The standard InChI is InChI=1S/C19H28O6/c1-8-10-13(19(20)25-9-2)11-14-12(3)15(21-4)17(23-6)18(24-7)16(14)22-5/h11H,8-10H2,1-7H3/b13-11+. The predicted octanol–water partition coefficient (Wildman–Crippen LogP) is 3.78. The van der Waals surface area contributed by atoms with Gasteiger partial charge in [-0.3, -0.25) is 0 Å². The highest BCUT2D eigenvalue weighted by Gasteiger charge is 2.25. The number of carbonyl (C=O) groups is 1. The van der Waals surface area contributed by atoms with Gasteiger partial charge in [-0.15, -0.1) is 0 Å². The van der Waals surface area contributed by atoms with E-state index in [9.17, 15) is 4.79 Å². The van der Waals surface area contributed by atoms with Gasteiger partial charge >= 0.3 is 5.97 Å². The lowest BCUT2D eigenvalue weighted by molar-refractivity contribution is -0.138. The molecule has 25 heavy (non-hydrogen) atoms. The zero-order valence-electron chi connectivity index (χ0n) is 16.1. The Hall–Kier alpha value is -2.37. The van der Waals surface area contributed by atoms with E-state index in [1.165, 1.54) is 14.2 Å². The van der Waals surface area contributed by atoms with Crippen LogP contribution in [0.2, 0.25) is 0 Å². The average Bonchev–Trinajstić information content (AvgIpc) is 2.61. The topological polar surface area (TPSA) is 63.2 Å². The largest absolute Gasteiger partial charge is 0.492 e. The summed E-state index contributed by atoms with van der Waals surface area (Å²) in [6, 6.07) is 0. The minimum atomic E-state index is -0.334. The Morgan fingerprint density at radius 3 is 1.84 bits per heavy atom. The third-order valence-corrected chi connectivity index (χ3v) is 3.80. The fourth-order valence-corrected chi connectivity index (χ4v) is 2.69. The van der Waals surface area contributed by atoms with Crippen molar-refractivity contribution >= 4 is 12.0 Å². The minimum Gasteiger partial charge on any atom is -0.492 e. The van der Waals surface area contributed by atoms with E-state index in [1.54, 1.807) is 27.2 Å². The Morgan fingerprint density at radius 2 is 1.40 bits per heavy atom. The number of carbonyl (C=O) groups excluding carboxylic acids is 1. The molecule has 6 nitrogen and oxygen atoms in total. The fraction of sp³-hybridized carbons (Fsp3) is 0.526. The lowest BCUT2D eigenvalue weighted by Crippen LogP contribution is -2.08. The quantitative estimate of drug-likeness (QED) is 0.498. The Bertz CT molecular complexity index is 634. The number of hydrogen-bond acceptors (Lipinski definition) is 6. The Labute approximate surface area is 149 Å². The van der Waals surface area contributed by atoms with Crippen molar-refractivity contribution in [3.8, 4) is 23.0 Å². The molecule has 0 heterocycles. The van der Waals surface area contributed by atoms with E-state index >= 15 is 0 Å². The lowest BCUT2D eigenvalue weighted by atomic mass is 9.99. The molecule has 0 fully saturated rings. The van der Waals surface area contributed by atoms with Crippen LogP contribution in [0.3, 0.4) is 0 Å². The Balaban J connectivity index is 3.71. The summed E-state index contributed by atoms with van der Waals surface area (Å²) in [5.41, 5.74) is 2.06. The van der Waals surface area contributed by atoms with Gasteiger partial charge in [0, 0.05) is 16.7 Å². The van der Waals surface area contributed by atoms with Crippen LogP contribution in [0.4, 0.5) is 0 Å². The summed E-state index contributed by atoms with van der Waals surface area (Å²) in [5, 5.41) is 0. The van der Waals surface area contributed by atoms with Gasteiger partial charge in [0.15, 0.2) is 11.5 Å². The number of benzene rings is 1. The van der Waals surface area contributed by atoms with Gasteiger partial charge in [-0.05, 0) is 26.3 Å². The van der Waals surface area contributed by atoms with Gasteiger partial charge in [0.2, 0.25) is 11.5 Å². The van der Waals surface area contributed by atoms with Crippen molar-refractivity contribution in [3.05, 3.63) is 16.7 Å². The molecule has 0 saturated heterocycles. The van der Waals surface area contributed by atoms with E-state index < -0.39 is 0 Å². The summed E-state index contributed by atoms with van der Waals surface area (Å²) in [6.45, 7) is 5.99. The van der Waals surface area contributed by atoms with Crippen molar-refractivity contribution in [2.75, 3.05) is 35.0 Å². The number of rotatable bonds is 9. The van der Waals surface area contributed by atoms with Crippen molar-refractivity contribution in [1.29, 1.82) is 0 Å². The molecule has 0 radical (unpaired) electrons. The first-order valence-electron chi connectivity index (χ1n) is 8.24. The van der Waals surface area contributed by atoms with E-state index in [0.717, 1.165) is 12.0 Å². The Morgan fingerprint density at radius 1 is 0.880 bits per heavy atom. The van der Waals surface area contributed by atoms with Crippen molar-refractivity contribution < 1.29 is 28.5 Å². The van der Waals surface area contributed by atoms with Gasteiger partial charge in [-0.1, -0.05) is 13.3 Å². The molecule has 0 spiro atoms. The Kier molecular flexibility index (Phi) is 8.11. The van der Waals surface area contributed by atoms with Gasteiger partial charge < -0.3 is 23.7 Å². The number of esters is 1. The fourth-order valence-electron chi connectivity index (χ4n) is 2.69. The molecule has 0 saturated carbocycles. The van der Waals surface area contributed by atoms with Crippen molar-refractivity contribution in [2.45, 2.75) is 33.6 Å². The highest BCUT2D eigenvalue weighted by molar-refractivity contribution is 5.95. The van der Waals surface area contributed by atoms with Gasteiger partial charge in [0.05, 0.1) is 35.0 Å². The molecule has 0 unspecified atom stereocenters. The highest BCUT2D eigenvalue weighted by Crippen LogP contribution is 2.50. The molecule has 1 aromatic rings. The number of ether oxygens (including phenoxy) is 5. The first kappa shape index (κ1) is 20.7. The van der Waals surface area contributed by atoms with Gasteiger partial charge in [0.25, 0.3) is 0 Å². The normalized spacial score (nSPS) is 11.1. The van der Waals surface area contributed by atoms with E-state index in [1.807, 2.05) is 13.8 Å². The molecule has 0 aliphatic carbocycles. The molecule has 0 bridgehead atoms. The summed E-state index contributed by atoms with van der Waals surface area (Å²) in [4.78, 5) is 12.3. The second kappa shape index (κ2) is 9.81. The van der Waals surface area contributed by atoms with Crippen LogP contribution in [-0.2, 0) is 9.53 Å². The smallest absolute Gasteiger partial charge is 0.334 e. The summed E-state index contributed by atoms with van der Waals surface area (Å²) >= 11 is 0. The molecule has 0 N–H and O–H groups in total. The van der Waals surface area contributed by atoms with Crippen molar-refractivity contribution in [2.24, 2.45) is 0 Å². The summed E-state index contributed by atoms with van der Waals surface area (Å²) in [6.07, 6.45) is 3.19. The average molecular weight is 352 g/mol. The summed E-state index contributed by atoms with van der Waals surface area (Å²) < 4.78 is 27.1. The van der Waals surface area contributed by atoms with Gasteiger partial charge in [-0.2, -0.15) is 0 Å². The maximum atomic E-state index is 12.3. The summed E-state index contributed by atoms with van der Waals surface area (Å²) in [7, 11) is 6.17. The van der Waals surface area contributed by atoms with Crippen LogP contribution < -0.4 is 18.9 Å². The van der Waals surface area contributed by atoms with Crippen LogP contribution in [0.25, 0.3) is 6.08 Å². The molecular formula is C19H28O6. The van der Waals surface area contributed by atoms with Gasteiger partial charge in [-0.25, -0.2) is 4.79 Å². The molecule has 0 aliphatic rings. The molecule has 0 aliphatic heterocycles. The highest BCUT2D eigenvalue weighted by atomic mass is 16.5. The maximum Gasteiger partial charge on any atom is 0.334 e. The van der Waals surface area contributed by atoms with Crippen molar-refractivity contribution in [1.82, 2.24) is 0 Å². The predicted molar refractivity (Wildman–Crippen MR) is 96.9 cm³/mol. The van der Waals surface area contributed by atoms with E-state index in [4.69, 9.17) is 23.7 Å². The van der Waals surface area contributed by atoms with Crippen LogP contribution in [0.1, 0.15) is 37.8 Å². The van der Waals surface area contributed by atoms with Gasteiger partial charge in [0.1, 0.15) is 0 Å². The zero-order chi connectivity index (χ0) is 19.0. The lowest BCUT2D eigenvalue weighted by Gasteiger charge is -2.20. The molecule has 0 amide bonds. The van der Waals surface area contributed by atoms with Crippen LogP contribution in [0, 0.1) is 6.92 Å². The monoisotopic (exact) mass is 352 g/mol. The molecule has 0 atom stereocenters.